The van der Waals surface area contributed by atoms with E-state index in [1.54, 1.807) is 0 Å². The lowest BCUT2D eigenvalue weighted by Gasteiger charge is -2.28. The van der Waals surface area contributed by atoms with Crippen molar-refractivity contribution in [1.29, 1.82) is 0 Å². The molecule has 0 bridgehead atoms. The van der Waals surface area contributed by atoms with Crippen molar-refractivity contribution in [3.05, 3.63) is 27.9 Å². The Balaban J connectivity index is 2.12. The molecule has 26 heavy (non-hydrogen) atoms. The van der Waals surface area contributed by atoms with E-state index in [0.29, 0.717) is 5.89 Å². The Bertz CT molecular complexity index is 678. The Kier molecular flexibility index (Phi) is 5.46. The molecule has 0 aliphatic carbocycles. The average Bonchev–Trinajstić information content (AvgIpc) is 3.13. The van der Waals surface area contributed by atoms with E-state index in [0.717, 1.165) is 18.7 Å². The van der Waals surface area contributed by atoms with Gasteiger partial charge in [0.1, 0.15) is 0 Å². The zero-order chi connectivity index (χ0) is 20.0. The second-order valence-corrected chi connectivity index (χ2v) is 11.7. The van der Waals surface area contributed by atoms with Crippen LogP contribution in [0.15, 0.2) is 10.6 Å². The van der Waals surface area contributed by atoms with Gasteiger partial charge in [-0.05, 0) is 18.3 Å². The molecule has 0 unspecified atom stereocenters. The number of thiazole rings is 1. The molecule has 0 aliphatic rings. The standard InChI is InChI=1S/C21H35N3OS/c1-18(2,3)14-13-22-17(26-14)21(9,10)12-11-20(7,8)16-24-23-15(25-16)19(4,5)6/h13H,11-12H2,1-10H3. The first-order valence-electron chi connectivity index (χ1n) is 9.44. The fraction of sp³-hybridized carbons (Fsp3) is 0.762. The predicted molar refractivity (Wildman–Crippen MR) is 109 cm³/mol. The van der Waals surface area contributed by atoms with Crippen molar-refractivity contribution < 1.29 is 4.42 Å². The van der Waals surface area contributed by atoms with E-state index in [2.05, 4.69) is 79.4 Å². The van der Waals surface area contributed by atoms with Gasteiger partial charge in [0, 0.05) is 27.3 Å². The van der Waals surface area contributed by atoms with Gasteiger partial charge in [0.25, 0.3) is 0 Å². The Hall–Kier alpha value is -1.23. The Labute approximate surface area is 162 Å². The Morgan fingerprint density at radius 3 is 1.77 bits per heavy atom. The smallest absolute Gasteiger partial charge is 0.222 e. The fourth-order valence-electron chi connectivity index (χ4n) is 2.57. The van der Waals surface area contributed by atoms with Crippen molar-refractivity contribution >= 4 is 11.3 Å². The van der Waals surface area contributed by atoms with Crippen LogP contribution in [-0.4, -0.2) is 15.2 Å². The molecule has 0 amide bonds. The van der Waals surface area contributed by atoms with Crippen LogP contribution < -0.4 is 0 Å². The summed E-state index contributed by atoms with van der Waals surface area (Å²) in [6.45, 7) is 21.9. The van der Waals surface area contributed by atoms with Crippen molar-refractivity contribution in [3.8, 4) is 0 Å². The first-order valence-corrected chi connectivity index (χ1v) is 10.3. The summed E-state index contributed by atoms with van der Waals surface area (Å²) in [7, 11) is 0. The van der Waals surface area contributed by atoms with Gasteiger partial charge < -0.3 is 4.42 Å². The molecule has 0 atom stereocenters. The van der Waals surface area contributed by atoms with Crippen LogP contribution in [0.4, 0.5) is 0 Å². The van der Waals surface area contributed by atoms with Crippen molar-refractivity contribution in [2.75, 3.05) is 0 Å². The molecule has 0 saturated carbocycles. The minimum atomic E-state index is -0.155. The number of hydrogen-bond acceptors (Lipinski definition) is 5. The maximum absolute atomic E-state index is 6.00. The van der Waals surface area contributed by atoms with Crippen LogP contribution >= 0.6 is 11.3 Å². The predicted octanol–water partition coefficient (Wildman–Crippen LogP) is 6.16. The second kappa shape index (κ2) is 6.74. The van der Waals surface area contributed by atoms with Gasteiger partial charge in [-0.15, -0.1) is 21.5 Å². The van der Waals surface area contributed by atoms with Gasteiger partial charge in [-0.3, -0.25) is 0 Å². The monoisotopic (exact) mass is 377 g/mol. The number of aromatic nitrogens is 3. The molecule has 0 fully saturated rings. The molecule has 2 aromatic rings. The Morgan fingerprint density at radius 1 is 0.769 bits per heavy atom. The molecular weight excluding hydrogens is 342 g/mol. The van der Waals surface area contributed by atoms with Gasteiger partial charge in [0.05, 0.1) is 5.01 Å². The summed E-state index contributed by atoms with van der Waals surface area (Å²) in [6.07, 6.45) is 4.03. The summed E-state index contributed by atoms with van der Waals surface area (Å²) in [5.74, 6) is 1.43. The molecule has 2 rings (SSSR count). The quantitative estimate of drug-likeness (QED) is 0.626. The molecule has 146 valence electrons. The summed E-state index contributed by atoms with van der Waals surface area (Å²) < 4.78 is 6.00. The minimum Gasteiger partial charge on any atom is -0.424 e. The summed E-state index contributed by atoms with van der Waals surface area (Å²) in [6, 6.07) is 0. The lowest BCUT2D eigenvalue weighted by Crippen LogP contribution is -2.24. The molecule has 2 heterocycles. The molecule has 0 aliphatic heterocycles. The van der Waals surface area contributed by atoms with E-state index in [4.69, 9.17) is 9.40 Å². The van der Waals surface area contributed by atoms with Crippen LogP contribution in [0.3, 0.4) is 0 Å². The number of rotatable bonds is 5. The third-order valence-electron chi connectivity index (χ3n) is 4.84. The third kappa shape index (κ3) is 4.73. The zero-order valence-corrected chi connectivity index (χ0v) is 19.0. The second-order valence-electron chi connectivity index (χ2n) is 10.7. The van der Waals surface area contributed by atoms with Gasteiger partial charge in [-0.1, -0.05) is 69.2 Å². The van der Waals surface area contributed by atoms with Crippen LogP contribution in [0.5, 0.6) is 0 Å². The topological polar surface area (TPSA) is 51.8 Å². The highest BCUT2D eigenvalue weighted by atomic mass is 32.1. The van der Waals surface area contributed by atoms with E-state index in [1.807, 2.05) is 17.5 Å². The van der Waals surface area contributed by atoms with E-state index in [9.17, 15) is 0 Å². The molecule has 0 radical (unpaired) electrons. The van der Waals surface area contributed by atoms with Crippen molar-refractivity contribution in [2.24, 2.45) is 0 Å². The molecule has 0 aromatic carbocycles. The van der Waals surface area contributed by atoms with Crippen LogP contribution in [-0.2, 0) is 21.7 Å². The zero-order valence-electron chi connectivity index (χ0n) is 18.1. The summed E-state index contributed by atoms with van der Waals surface area (Å²) >= 11 is 1.84. The molecule has 4 nitrogen and oxygen atoms in total. The molecular formula is C21H35N3OS. The largest absolute Gasteiger partial charge is 0.424 e. The Morgan fingerprint density at radius 2 is 1.31 bits per heavy atom. The van der Waals surface area contributed by atoms with E-state index >= 15 is 0 Å². The molecule has 2 aromatic heterocycles. The lowest BCUT2D eigenvalue weighted by atomic mass is 9.79. The summed E-state index contributed by atoms with van der Waals surface area (Å²) in [5, 5.41) is 9.80. The van der Waals surface area contributed by atoms with Gasteiger partial charge in [-0.2, -0.15) is 0 Å². The van der Waals surface area contributed by atoms with E-state index in [-0.39, 0.29) is 21.7 Å². The first kappa shape index (κ1) is 21.1. The maximum atomic E-state index is 6.00. The van der Waals surface area contributed by atoms with Gasteiger partial charge >= 0.3 is 0 Å². The number of nitrogens with zero attached hydrogens (tertiary/aromatic N) is 3. The van der Waals surface area contributed by atoms with Crippen LogP contribution in [0, 0.1) is 0 Å². The highest BCUT2D eigenvalue weighted by Gasteiger charge is 2.34. The highest BCUT2D eigenvalue weighted by Crippen LogP contribution is 2.39. The summed E-state index contributed by atoms with van der Waals surface area (Å²) in [5.41, 5.74) is -0.0978. The van der Waals surface area contributed by atoms with Crippen LogP contribution in [0.1, 0.15) is 104 Å². The van der Waals surface area contributed by atoms with E-state index < -0.39 is 0 Å². The van der Waals surface area contributed by atoms with Crippen molar-refractivity contribution in [3.63, 3.8) is 0 Å². The minimum absolute atomic E-state index is 0.0261. The number of hydrogen-bond donors (Lipinski definition) is 0. The van der Waals surface area contributed by atoms with Gasteiger partial charge in [0.2, 0.25) is 11.8 Å². The molecule has 5 heteroatoms. The van der Waals surface area contributed by atoms with Crippen molar-refractivity contribution in [2.45, 2.75) is 104 Å². The fourth-order valence-corrected chi connectivity index (χ4v) is 3.68. The van der Waals surface area contributed by atoms with E-state index in [1.165, 1.54) is 9.88 Å². The highest BCUT2D eigenvalue weighted by molar-refractivity contribution is 7.11. The lowest BCUT2D eigenvalue weighted by molar-refractivity contribution is 0.287. The average molecular weight is 378 g/mol. The summed E-state index contributed by atoms with van der Waals surface area (Å²) in [4.78, 5) is 6.07. The van der Waals surface area contributed by atoms with Crippen LogP contribution in [0.2, 0.25) is 0 Å². The normalized spacial score (nSPS) is 14.1. The maximum Gasteiger partial charge on any atom is 0.222 e. The van der Waals surface area contributed by atoms with Gasteiger partial charge in [0.15, 0.2) is 0 Å². The van der Waals surface area contributed by atoms with Crippen LogP contribution in [0.25, 0.3) is 0 Å². The van der Waals surface area contributed by atoms with Gasteiger partial charge in [-0.25, -0.2) is 4.98 Å². The molecule has 0 saturated heterocycles. The first-order chi connectivity index (χ1) is 11.6. The molecule has 0 N–H and O–H groups in total. The molecule has 0 spiro atoms. The van der Waals surface area contributed by atoms with Crippen molar-refractivity contribution in [1.82, 2.24) is 15.2 Å². The third-order valence-corrected chi connectivity index (χ3v) is 6.63. The SMILES string of the molecule is CC(C)(C)c1nnc(C(C)(C)CCC(C)(C)c2ncc(C(C)(C)C)s2)o1.